The maximum Gasteiger partial charge on any atom is 0.271 e. The number of rotatable bonds is 4. The summed E-state index contributed by atoms with van der Waals surface area (Å²) in [6, 6.07) is 14.1. The highest BCUT2D eigenvalue weighted by atomic mass is 35.5. The summed E-state index contributed by atoms with van der Waals surface area (Å²) in [6.07, 6.45) is 0. The number of ether oxygens (including phenoxy) is 1. The summed E-state index contributed by atoms with van der Waals surface area (Å²) in [5.41, 5.74) is 4.44. The Morgan fingerprint density at radius 2 is 1.81 bits per heavy atom. The average molecular weight is 303 g/mol. The number of nitrogens with zero attached hydrogens (tertiary/aromatic N) is 1. The third-order valence-corrected chi connectivity index (χ3v) is 3.27. The third kappa shape index (κ3) is 3.83. The molecule has 2 aromatic rings. The van der Waals surface area contributed by atoms with E-state index >= 15 is 0 Å². The maximum atomic E-state index is 12.0. The second-order valence-corrected chi connectivity index (χ2v) is 4.75. The van der Waals surface area contributed by atoms with Gasteiger partial charge in [0.1, 0.15) is 5.75 Å². The molecule has 108 valence electrons. The van der Waals surface area contributed by atoms with Crippen LogP contribution in [0.2, 0.25) is 5.02 Å². The largest absolute Gasteiger partial charge is 0.497 e. The van der Waals surface area contributed by atoms with E-state index < -0.39 is 0 Å². The molecule has 0 aliphatic rings. The van der Waals surface area contributed by atoms with Gasteiger partial charge in [-0.1, -0.05) is 29.8 Å². The molecule has 0 saturated heterocycles. The summed E-state index contributed by atoms with van der Waals surface area (Å²) in [5, 5.41) is 4.67. The molecule has 0 unspecified atom stereocenters. The fourth-order valence-corrected chi connectivity index (χ4v) is 2.03. The second kappa shape index (κ2) is 6.90. The third-order valence-electron chi connectivity index (χ3n) is 2.94. The van der Waals surface area contributed by atoms with E-state index in [1.807, 2.05) is 18.2 Å². The van der Waals surface area contributed by atoms with E-state index in [1.165, 1.54) is 0 Å². The lowest BCUT2D eigenvalue weighted by Gasteiger charge is -2.05. The molecule has 2 rings (SSSR count). The van der Waals surface area contributed by atoms with Crippen LogP contribution in [0.1, 0.15) is 22.8 Å². The molecule has 0 saturated carbocycles. The van der Waals surface area contributed by atoms with Gasteiger partial charge in [0, 0.05) is 16.1 Å². The van der Waals surface area contributed by atoms with Gasteiger partial charge in [-0.05, 0) is 37.3 Å². The minimum atomic E-state index is -0.288. The molecule has 0 fully saturated rings. The van der Waals surface area contributed by atoms with E-state index in [9.17, 15) is 4.79 Å². The van der Waals surface area contributed by atoms with E-state index in [-0.39, 0.29) is 5.91 Å². The minimum absolute atomic E-state index is 0.288. The van der Waals surface area contributed by atoms with Gasteiger partial charge in [0.15, 0.2) is 0 Å². The van der Waals surface area contributed by atoms with Crippen LogP contribution in [0, 0.1) is 0 Å². The Morgan fingerprint density at radius 1 is 1.14 bits per heavy atom. The van der Waals surface area contributed by atoms with Crippen LogP contribution in [-0.4, -0.2) is 18.7 Å². The molecule has 1 N–H and O–H groups in total. The van der Waals surface area contributed by atoms with Crippen molar-refractivity contribution in [3.8, 4) is 5.75 Å². The van der Waals surface area contributed by atoms with Crippen molar-refractivity contribution < 1.29 is 9.53 Å². The molecule has 0 spiro atoms. The number of carbonyl (C=O) groups excluding carboxylic acids is 1. The van der Waals surface area contributed by atoms with E-state index in [1.54, 1.807) is 44.4 Å². The van der Waals surface area contributed by atoms with Gasteiger partial charge in [-0.25, -0.2) is 5.43 Å². The van der Waals surface area contributed by atoms with E-state index in [0.717, 1.165) is 5.56 Å². The fourth-order valence-electron chi connectivity index (χ4n) is 1.76. The van der Waals surface area contributed by atoms with Crippen LogP contribution in [0.3, 0.4) is 0 Å². The predicted molar refractivity (Wildman–Crippen MR) is 84.1 cm³/mol. The number of carbonyl (C=O) groups is 1. The highest BCUT2D eigenvalue weighted by Gasteiger charge is 2.06. The molecule has 0 heterocycles. The topological polar surface area (TPSA) is 50.7 Å². The van der Waals surface area contributed by atoms with Crippen molar-refractivity contribution in [1.82, 2.24) is 5.43 Å². The molecule has 21 heavy (non-hydrogen) atoms. The van der Waals surface area contributed by atoms with Gasteiger partial charge in [0.05, 0.1) is 12.8 Å². The zero-order chi connectivity index (χ0) is 15.2. The summed E-state index contributed by atoms with van der Waals surface area (Å²) in [5.74, 6) is 0.409. The molecule has 4 nitrogen and oxygen atoms in total. The number of benzene rings is 2. The first-order chi connectivity index (χ1) is 10.1. The molecule has 0 aliphatic heterocycles. The Morgan fingerprint density at radius 3 is 2.43 bits per heavy atom. The van der Waals surface area contributed by atoms with Gasteiger partial charge >= 0.3 is 0 Å². The molecule has 0 aliphatic carbocycles. The van der Waals surface area contributed by atoms with Crippen molar-refractivity contribution in [2.75, 3.05) is 7.11 Å². The number of nitrogens with one attached hydrogen (secondary N) is 1. The molecule has 2 aromatic carbocycles. The van der Waals surface area contributed by atoms with E-state index in [2.05, 4.69) is 10.5 Å². The SMILES string of the molecule is COc1ccc(C(=O)NN=C(C)c2ccccc2Cl)cc1. The van der Waals surface area contributed by atoms with Crippen LogP contribution in [0.15, 0.2) is 53.6 Å². The van der Waals surface area contributed by atoms with Crippen molar-refractivity contribution in [3.63, 3.8) is 0 Å². The van der Waals surface area contributed by atoms with Gasteiger partial charge in [-0.2, -0.15) is 5.10 Å². The van der Waals surface area contributed by atoms with Gasteiger partial charge < -0.3 is 4.74 Å². The molecule has 0 radical (unpaired) electrons. The minimum Gasteiger partial charge on any atom is -0.497 e. The molecular formula is C16H15ClN2O2. The monoisotopic (exact) mass is 302 g/mol. The Kier molecular flexibility index (Phi) is 4.95. The first-order valence-corrected chi connectivity index (χ1v) is 6.73. The van der Waals surface area contributed by atoms with Gasteiger partial charge in [-0.15, -0.1) is 0 Å². The molecular weight excluding hydrogens is 288 g/mol. The highest BCUT2D eigenvalue weighted by Crippen LogP contribution is 2.15. The number of halogens is 1. The number of methoxy groups -OCH3 is 1. The quantitative estimate of drug-likeness (QED) is 0.694. The molecule has 5 heteroatoms. The maximum absolute atomic E-state index is 12.0. The van der Waals surface area contributed by atoms with Gasteiger partial charge in [0.2, 0.25) is 0 Å². The van der Waals surface area contributed by atoms with E-state index in [4.69, 9.17) is 16.3 Å². The van der Waals surface area contributed by atoms with Crippen molar-refractivity contribution in [2.24, 2.45) is 5.10 Å². The van der Waals surface area contributed by atoms with Crippen LogP contribution in [0.25, 0.3) is 0 Å². The van der Waals surface area contributed by atoms with Crippen LogP contribution in [0.4, 0.5) is 0 Å². The zero-order valence-corrected chi connectivity index (χ0v) is 12.5. The fraction of sp³-hybridized carbons (Fsp3) is 0.125. The summed E-state index contributed by atoms with van der Waals surface area (Å²) in [6.45, 7) is 1.79. The van der Waals surface area contributed by atoms with Crippen molar-refractivity contribution in [1.29, 1.82) is 0 Å². The second-order valence-electron chi connectivity index (χ2n) is 4.35. The summed E-state index contributed by atoms with van der Waals surface area (Å²) < 4.78 is 5.04. The normalized spacial score (nSPS) is 11.1. The average Bonchev–Trinajstić information content (AvgIpc) is 2.52. The Hall–Kier alpha value is -2.33. The van der Waals surface area contributed by atoms with E-state index in [0.29, 0.717) is 22.0 Å². The summed E-state index contributed by atoms with van der Waals surface area (Å²) >= 11 is 6.08. The highest BCUT2D eigenvalue weighted by molar-refractivity contribution is 6.34. The molecule has 1 amide bonds. The summed E-state index contributed by atoms with van der Waals surface area (Å²) in [7, 11) is 1.58. The molecule has 0 aromatic heterocycles. The van der Waals surface area contributed by atoms with Crippen molar-refractivity contribution in [3.05, 3.63) is 64.7 Å². The van der Waals surface area contributed by atoms with Crippen molar-refractivity contribution in [2.45, 2.75) is 6.92 Å². The lowest BCUT2D eigenvalue weighted by molar-refractivity contribution is 0.0955. The molecule has 0 atom stereocenters. The lowest BCUT2D eigenvalue weighted by Crippen LogP contribution is -2.19. The number of hydrogen-bond donors (Lipinski definition) is 1. The lowest BCUT2D eigenvalue weighted by atomic mass is 10.1. The zero-order valence-electron chi connectivity index (χ0n) is 11.8. The van der Waals surface area contributed by atoms with Crippen LogP contribution < -0.4 is 10.2 Å². The van der Waals surface area contributed by atoms with Gasteiger partial charge in [0.25, 0.3) is 5.91 Å². The number of hydrazone groups is 1. The van der Waals surface area contributed by atoms with Crippen molar-refractivity contribution >= 4 is 23.2 Å². The number of hydrogen-bond acceptors (Lipinski definition) is 3. The Balaban J connectivity index is 2.09. The van der Waals surface area contributed by atoms with Crippen LogP contribution in [-0.2, 0) is 0 Å². The van der Waals surface area contributed by atoms with Gasteiger partial charge in [-0.3, -0.25) is 4.79 Å². The van der Waals surface area contributed by atoms with Crippen LogP contribution >= 0.6 is 11.6 Å². The standard InChI is InChI=1S/C16H15ClN2O2/c1-11(14-5-3-4-6-15(14)17)18-19-16(20)12-7-9-13(21-2)10-8-12/h3-10H,1-2H3,(H,19,20). The first kappa shape index (κ1) is 15.1. The summed E-state index contributed by atoms with van der Waals surface area (Å²) in [4.78, 5) is 12.0. The predicted octanol–water partition coefficient (Wildman–Crippen LogP) is 3.50. The Bertz CT molecular complexity index is 666. The molecule has 0 bridgehead atoms. The first-order valence-electron chi connectivity index (χ1n) is 6.35. The smallest absolute Gasteiger partial charge is 0.271 e. The number of amides is 1. The van der Waals surface area contributed by atoms with Crippen LogP contribution in [0.5, 0.6) is 5.75 Å². The Labute approximate surface area is 128 Å².